The Bertz CT molecular complexity index is 667. The van der Waals surface area contributed by atoms with Gasteiger partial charge in [0.1, 0.15) is 5.82 Å². The van der Waals surface area contributed by atoms with Crippen LogP contribution in [0.4, 0.5) is 15.8 Å². The number of hydrogen-bond donors (Lipinski definition) is 1. The van der Waals surface area contributed by atoms with Crippen molar-refractivity contribution in [1.29, 1.82) is 0 Å². The Morgan fingerprint density at radius 3 is 2.75 bits per heavy atom. The summed E-state index contributed by atoms with van der Waals surface area (Å²) in [5, 5.41) is 13.5. The number of pyridine rings is 1. The maximum absolute atomic E-state index is 13.6. The van der Waals surface area contributed by atoms with Gasteiger partial charge in [0.15, 0.2) is 0 Å². The van der Waals surface area contributed by atoms with Crippen LogP contribution in [0, 0.1) is 15.9 Å². The number of nitrogens with zero attached hydrogens (tertiary/aromatic N) is 2. The highest BCUT2D eigenvalue weighted by Crippen LogP contribution is 2.24. The first kappa shape index (κ1) is 14.9. The Hall–Kier alpha value is -1.54. The van der Waals surface area contributed by atoms with E-state index in [-0.39, 0.29) is 17.9 Å². The van der Waals surface area contributed by atoms with Crippen molar-refractivity contribution in [2.45, 2.75) is 6.54 Å². The number of hydrogen-bond acceptors (Lipinski definition) is 4. The summed E-state index contributed by atoms with van der Waals surface area (Å²) in [6, 6.07) is 5.15. The molecule has 1 aromatic carbocycles. The molecule has 20 heavy (non-hydrogen) atoms. The number of halogens is 3. The maximum Gasteiger partial charge on any atom is 0.271 e. The molecule has 0 aliphatic carbocycles. The molecule has 1 heterocycles. The molecule has 1 N–H and O–H groups in total. The largest absolute Gasteiger partial charge is 0.377 e. The number of nitro benzene ring substituents is 1. The first-order valence-electron chi connectivity index (χ1n) is 5.45. The van der Waals surface area contributed by atoms with Crippen LogP contribution in [-0.2, 0) is 6.54 Å². The molecule has 0 unspecified atom stereocenters. The van der Waals surface area contributed by atoms with E-state index in [0.29, 0.717) is 5.69 Å². The fourth-order valence-electron chi connectivity index (χ4n) is 1.51. The Balaban J connectivity index is 2.18. The lowest BCUT2D eigenvalue weighted by Crippen LogP contribution is -2.04. The van der Waals surface area contributed by atoms with Gasteiger partial charge < -0.3 is 5.32 Å². The molecule has 1 aromatic heterocycles. The predicted molar refractivity (Wildman–Crippen MR) is 80.0 cm³/mol. The van der Waals surface area contributed by atoms with E-state index in [1.807, 2.05) is 6.07 Å². The van der Waals surface area contributed by atoms with E-state index < -0.39 is 10.7 Å². The number of benzene rings is 1. The molecule has 0 aliphatic rings. The van der Waals surface area contributed by atoms with Crippen molar-refractivity contribution in [2.24, 2.45) is 0 Å². The van der Waals surface area contributed by atoms with Gasteiger partial charge in [-0.1, -0.05) is 0 Å². The van der Waals surface area contributed by atoms with Gasteiger partial charge in [0.05, 0.1) is 22.8 Å². The standard InChI is InChI=1S/C12H8Br2FN3O2/c13-7-3-9(14)12(16-5-7)6-17-11-4-8(18(19)20)1-2-10(11)15/h1-5,17H,6H2. The second kappa shape index (κ2) is 6.27. The first-order chi connectivity index (χ1) is 9.47. The minimum absolute atomic E-state index is 0.0656. The van der Waals surface area contributed by atoms with Gasteiger partial charge >= 0.3 is 0 Å². The lowest BCUT2D eigenvalue weighted by atomic mass is 10.2. The Morgan fingerprint density at radius 1 is 1.35 bits per heavy atom. The number of anilines is 1. The van der Waals surface area contributed by atoms with Gasteiger partial charge in [0, 0.05) is 27.3 Å². The molecule has 0 saturated heterocycles. The molecule has 0 amide bonds. The van der Waals surface area contributed by atoms with E-state index in [1.54, 1.807) is 6.20 Å². The maximum atomic E-state index is 13.6. The monoisotopic (exact) mass is 403 g/mol. The Labute approximate surface area is 130 Å². The molecule has 104 valence electrons. The van der Waals surface area contributed by atoms with Crippen molar-refractivity contribution in [2.75, 3.05) is 5.32 Å². The number of aromatic nitrogens is 1. The van der Waals surface area contributed by atoms with Crippen LogP contribution in [0.25, 0.3) is 0 Å². The van der Waals surface area contributed by atoms with Gasteiger partial charge in [-0.05, 0) is 44.0 Å². The van der Waals surface area contributed by atoms with Crippen LogP contribution in [0.3, 0.4) is 0 Å². The third-order valence-corrected chi connectivity index (χ3v) is 3.61. The molecular formula is C12H8Br2FN3O2. The average molecular weight is 405 g/mol. The number of rotatable bonds is 4. The SMILES string of the molecule is O=[N+]([O-])c1ccc(F)c(NCc2ncc(Br)cc2Br)c1. The second-order valence-electron chi connectivity index (χ2n) is 3.86. The molecular weight excluding hydrogens is 397 g/mol. The molecule has 0 spiro atoms. The Morgan fingerprint density at radius 2 is 2.10 bits per heavy atom. The topological polar surface area (TPSA) is 68.1 Å². The summed E-state index contributed by atoms with van der Waals surface area (Å²) in [4.78, 5) is 14.3. The molecule has 0 atom stereocenters. The van der Waals surface area contributed by atoms with Gasteiger partial charge in [0.2, 0.25) is 0 Å². The number of nitrogens with one attached hydrogen (secondary N) is 1. The summed E-state index contributed by atoms with van der Waals surface area (Å²) >= 11 is 6.62. The van der Waals surface area contributed by atoms with Crippen LogP contribution < -0.4 is 5.32 Å². The van der Waals surface area contributed by atoms with Crippen molar-refractivity contribution >= 4 is 43.2 Å². The van der Waals surface area contributed by atoms with E-state index in [2.05, 4.69) is 42.2 Å². The van der Waals surface area contributed by atoms with E-state index >= 15 is 0 Å². The van der Waals surface area contributed by atoms with E-state index in [0.717, 1.165) is 27.1 Å². The minimum Gasteiger partial charge on any atom is -0.377 e. The first-order valence-corrected chi connectivity index (χ1v) is 7.03. The molecule has 5 nitrogen and oxygen atoms in total. The highest BCUT2D eigenvalue weighted by Gasteiger charge is 2.11. The summed E-state index contributed by atoms with van der Waals surface area (Å²) in [6.45, 7) is 0.242. The van der Waals surface area contributed by atoms with Crippen LogP contribution in [0.1, 0.15) is 5.69 Å². The molecule has 0 saturated carbocycles. The summed E-state index contributed by atoms with van der Waals surface area (Å²) in [5.41, 5.74) is 0.562. The van der Waals surface area contributed by atoms with Crippen LogP contribution in [-0.4, -0.2) is 9.91 Å². The van der Waals surface area contributed by atoms with Gasteiger partial charge in [0.25, 0.3) is 5.69 Å². The zero-order valence-electron chi connectivity index (χ0n) is 9.94. The normalized spacial score (nSPS) is 10.3. The van der Waals surface area contributed by atoms with E-state index in [9.17, 15) is 14.5 Å². The van der Waals surface area contributed by atoms with Crippen molar-refractivity contribution in [3.05, 3.63) is 61.0 Å². The van der Waals surface area contributed by atoms with Gasteiger partial charge in [-0.25, -0.2) is 4.39 Å². The quantitative estimate of drug-likeness (QED) is 0.610. The van der Waals surface area contributed by atoms with Crippen LogP contribution in [0.15, 0.2) is 39.4 Å². The molecule has 2 rings (SSSR count). The third-order valence-electron chi connectivity index (χ3n) is 2.49. The van der Waals surface area contributed by atoms with Crippen LogP contribution in [0.5, 0.6) is 0 Å². The lowest BCUT2D eigenvalue weighted by Gasteiger charge is -2.08. The minimum atomic E-state index is -0.571. The summed E-state index contributed by atoms with van der Waals surface area (Å²) in [7, 11) is 0. The van der Waals surface area contributed by atoms with Crippen LogP contribution in [0.2, 0.25) is 0 Å². The molecule has 0 radical (unpaired) electrons. The van der Waals surface area contributed by atoms with Crippen molar-refractivity contribution in [3.8, 4) is 0 Å². The van der Waals surface area contributed by atoms with Gasteiger partial charge in [-0.15, -0.1) is 0 Å². The summed E-state index contributed by atoms with van der Waals surface area (Å²) in [6.07, 6.45) is 1.62. The highest BCUT2D eigenvalue weighted by molar-refractivity contribution is 9.11. The Kier molecular flexibility index (Phi) is 4.66. The molecule has 0 fully saturated rings. The molecule has 8 heteroatoms. The summed E-state index contributed by atoms with van der Waals surface area (Å²) in [5.74, 6) is -0.552. The van der Waals surface area contributed by atoms with E-state index in [1.165, 1.54) is 0 Å². The van der Waals surface area contributed by atoms with Crippen molar-refractivity contribution < 1.29 is 9.31 Å². The smallest absolute Gasteiger partial charge is 0.271 e. The van der Waals surface area contributed by atoms with Gasteiger partial charge in [-0.2, -0.15) is 0 Å². The van der Waals surface area contributed by atoms with Gasteiger partial charge in [-0.3, -0.25) is 15.1 Å². The fourth-order valence-corrected chi connectivity index (χ4v) is 2.64. The van der Waals surface area contributed by atoms with Crippen molar-refractivity contribution in [1.82, 2.24) is 4.98 Å². The molecule has 0 bridgehead atoms. The van der Waals surface area contributed by atoms with Crippen molar-refractivity contribution in [3.63, 3.8) is 0 Å². The number of nitro groups is 1. The second-order valence-corrected chi connectivity index (χ2v) is 5.63. The molecule has 0 aliphatic heterocycles. The van der Waals surface area contributed by atoms with E-state index in [4.69, 9.17) is 0 Å². The fraction of sp³-hybridized carbons (Fsp3) is 0.0833. The average Bonchev–Trinajstić information content (AvgIpc) is 2.39. The molecule has 2 aromatic rings. The zero-order chi connectivity index (χ0) is 14.7. The number of non-ortho nitro benzene ring substituents is 1. The predicted octanol–water partition coefficient (Wildman–Crippen LogP) is 4.27. The summed E-state index contributed by atoms with van der Waals surface area (Å²) < 4.78 is 15.1. The highest BCUT2D eigenvalue weighted by atomic mass is 79.9. The van der Waals surface area contributed by atoms with Crippen LogP contribution >= 0.6 is 31.9 Å². The third kappa shape index (κ3) is 3.51. The lowest BCUT2D eigenvalue weighted by molar-refractivity contribution is -0.384. The zero-order valence-corrected chi connectivity index (χ0v) is 13.1.